The van der Waals surface area contributed by atoms with E-state index in [4.69, 9.17) is 9.72 Å². The van der Waals surface area contributed by atoms with Crippen molar-refractivity contribution >= 4 is 10.9 Å². The Balaban J connectivity index is 1.92. The van der Waals surface area contributed by atoms with Gasteiger partial charge in [-0.15, -0.1) is 0 Å². The predicted octanol–water partition coefficient (Wildman–Crippen LogP) is 3.66. The molecule has 2 aromatic carbocycles. The molecule has 0 amide bonds. The molecule has 1 radical (unpaired) electrons. The first-order chi connectivity index (χ1) is 9.92. The molecule has 20 heavy (non-hydrogen) atoms. The first-order valence-electron chi connectivity index (χ1n) is 6.84. The molecule has 1 aromatic heterocycles. The maximum Gasteiger partial charge on any atom is 0.0896 e. The van der Waals surface area contributed by atoms with E-state index >= 15 is 0 Å². The zero-order chi connectivity index (χ0) is 13.4. The largest absolute Gasteiger partial charge is 0.370 e. The van der Waals surface area contributed by atoms with Crippen molar-refractivity contribution in [3.63, 3.8) is 0 Å². The van der Waals surface area contributed by atoms with Crippen LogP contribution in [0.25, 0.3) is 10.9 Å². The number of aromatic nitrogens is 1. The summed E-state index contributed by atoms with van der Waals surface area (Å²) in [7, 11) is 0. The lowest BCUT2D eigenvalue weighted by molar-refractivity contribution is 0.133. The van der Waals surface area contributed by atoms with E-state index in [1.54, 1.807) is 0 Å². The van der Waals surface area contributed by atoms with E-state index < -0.39 is 0 Å². The fraction of sp³-hybridized carbons (Fsp3) is 0.167. The molecule has 3 aromatic rings. The van der Waals surface area contributed by atoms with Gasteiger partial charge in [0.25, 0.3) is 0 Å². The number of pyridine rings is 1. The Hall–Kier alpha value is -2.19. The van der Waals surface area contributed by atoms with Crippen LogP contribution in [-0.4, -0.2) is 4.98 Å². The number of rotatable bonds is 2. The Morgan fingerprint density at radius 3 is 2.80 bits per heavy atom. The number of hydrogen-bond donors (Lipinski definition) is 0. The molecule has 0 fully saturated rings. The van der Waals surface area contributed by atoms with Crippen molar-refractivity contribution in [1.82, 2.24) is 4.98 Å². The minimum atomic E-state index is 0.635. The van der Waals surface area contributed by atoms with Gasteiger partial charge in [0.05, 0.1) is 24.4 Å². The Kier molecular flexibility index (Phi) is 2.75. The summed E-state index contributed by atoms with van der Waals surface area (Å²) in [4.78, 5) is 4.73. The summed E-state index contributed by atoms with van der Waals surface area (Å²) in [5.41, 5.74) is 6.09. The van der Waals surface area contributed by atoms with Crippen molar-refractivity contribution in [2.24, 2.45) is 0 Å². The van der Waals surface area contributed by atoms with Gasteiger partial charge in [-0.1, -0.05) is 42.5 Å². The number of ether oxygens (including phenoxy) is 1. The second kappa shape index (κ2) is 4.73. The van der Waals surface area contributed by atoms with Crippen LogP contribution in [0.5, 0.6) is 0 Å². The van der Waals surface area contributed by atoms with Crippen LogP contribution in [0.1, 0.15) is 22.4 Å². The van der Waals surface area contributed by atoms with Crippen LogP contribution in [0, 0.1) is 6.07 Å². The lowest BCUT2D eigenvalue weighted by Crippen LogP contribution is -2.00. The van der Waals surface area contributed by atoms with E-state index in [9.17, 15) is 0 Å². The number of fused-ring (bicyclic) bond motifs is 2. The van der Waals surface area contributed by atoms with Crippen LogP contribution in [0.2, 0.25) is 0 Å². The van der Waals surface area contributed by atoms with E-state index in [1.807, 2.05) is 18.2 Å². The molecule has 0 bridgehead atoms. The van der Waals surface area contributed by atoms with Crippen molar-refractivity contribution in [2.75, 3.05) is 0 Å². The molecule has 0 atom stereocenters. The molecule has 2 heterocycles. The average molecular weight is 260 g/mol. The van der Waals surface area contributed by atoms with E-state index in [2.05, 4.69) is 36.4 Å². The van der Waals surface area contributed by atoms with Crippen LogP contribution in [0.15, 0.2) is 48.5 Å². The van der Waals surface area contributed by atoms with Crippen molar-refractivity contribution in [3.8, 4) is 0 Å². The summed E-state index contributed by atoms with van der Waals surface area (Å²) >= 11 is 0. The molecule has 0 saturated heterocycles. The predicted molar refractivity (Wildman–Crippen MR) is 78.3 cm³/mol. The van der Waals surface area contributed by atoms with Crippen LogP contribution < -0.4 is 0 Å². The van der Waals surface area contributed by atoms with E-state index in [0.717, 1.165) is 17.6 Å². The van der Waals surface area contributed by atoms with Crippen LogP contribution >= 0.6 is 0 Å². The lowest BCUT2D eigenvalue weighted by atomic mass is 9.95. The Bertz CT molecular complexity index is 765. The third-order valence-corrected chi connectivity index (χ3v) is 3.85. The molecule has 1 aliphatic rings. The second-order valence-electron chi connectivity index (χ2n) is 5.11. The monoisotopic (exact) mass is 260 g/mol. The molecule has 2 heteroatoms. The number of nitrogens with zero attached hydrogens (tertiary/aromatic N) is 1. The average Bonchev–Trinajstić information content (AvgIpc) is 2.96. The van der Waals surface area contributed by atoms with E-state index in [-0.39, 0.29) is 0 Å². The molecule has 97 valence electrons. The molecule has 0 spiro atoms. The van der Waals surface area contributed by atoms with Crippen LogP contribution in [0.3, 0.4) is 0 Å². The highest BCUT2D eigenvalue weighted by Gasteiger charge is 2.19. The van der Waals surface area contributed by atoms with Gasteiger partial charge >= 0.3 is 0 Å². The zero-order valence-electron chi connectivity index (χ0n) is 11.1. The summed E-state index contributed by atoms with van der Waals surface area (Å²) in [5, 5.41) is 1.24. The van der Waals surface area contributed by atoms with Gasteiger partial charge in [-0.25, -0.2) is 4.98 Å². The van der Waals surface area contributed by atoms with Gasteiger partial charge in [0, 0.05) is 10.9 Å². The quantitative estimate of drug-likeness (QED) is 0.701. The van der Waals surface area contributed by atoms with Crippen molar-refractivity contribution < 1.29 is 4.74 Å². The second-order valence-corrected chi connectivity index (χ2v) is 5.11. The molecule has 0 saturated carbocycles. The fourth-order valence-corrected chi connectivity index (χ4v) is 2.86. The summed E-state index contributed by atoms with van der Waals surface area (Å²) < 4.78 is 5.60. The lowest BCUT2D eigenvalue weighted by Gasteiger charge is -2.11. The molecular weight excluding hydrogens is 246 g/mol. The first-order valence-corrected chi connectivity index (χ1v) is 6.84. The third-order valence-electron chi connectivity index (χ3n) is 3.85. The number of hydrogen-bond acceptors (Lipinski definition) is 2. The highest BCUT2D eigenvalue weighted by Crippen LogP contribution is 2.30. The molecular formula is C18H14NO. The highest BCUT2D eigenvalue weighted by molar-refractivity contribution is 5.84. The SMILES string of the molecule is [c]1ccc(Cc2c3c(nc4ccccc24)COC3)cc1. The Morgan fingerprint density at radius 2 is 1.90 bits per heavy atom. The fourth-order valence-electron chi connectivity index (χ4n) is 2.86. The minimum absolute atomic E-state index is 0.635. The maximum absolute atomic E-state index is 5.60. The molecule has 0 unspecified atom stereocenters. The van der Waals surface area contributed by atoms with Gasteiger partial charge in [0.2, 0.25) is 0 Å². The Morgan fingerprint density at radius 1 is 1.05 bits per heavy atom. The molecule has 1 aliphatic heterocycles. The first kappa shape index (κ1) is 11.6. The topological polar surface area (TPSA) is 22.1 Å². The van der Waals surface area contributed by atoms with Crippen LogP contribution in [0.4, 0.5) is 0 Å². The number of para-hydroxylation sites is 1. The van der Waals surface area contributed by atoms with Crippen molar-refractivity contribution in [3.05, 3.63) is 77.0 Å². The van der Waals surface area contributed by atoms with Gasteiger partial charge in [0.15, 0.2) is 0 Å². The third kappa shape index (κ3) is 1.89. The number of benzene rings is 2. The molecule has 4 rings (SSSR count). The highest BCUT2D eigenvalue weighted by atomic mass is 16.5. The van der Waals surface area contributed by atoms with E-state index in [0.29, 0.717) is 13.2 Å². The molecule has 0 aliphatic carbocycles. The van der Waals surface area contributed by atoms with Crippen LogP contribution in [-0.2, 0) is 24.4 Å². The summed E-state index contributed by atoms with van der Waals surface area (Å²) in [6.45, 7) is 1.32. The zero-order valence-corrected chi connectivity index (χ0v) is 11.1. The maximum atomic E-state index is 5.60. The summed E-state index contributed by atoms with van der Waals surface area (Å²) in [6, 6.07) is 19.6. The summed E-state index contributed by atoms with van der Waals surface area (Å²) in [5.74, 6) is 0. The van der Waals surface area contributed by atoms with Gasteiger partial charge in [0.1, 0.15) is 0 Å². The van der Waals surface area contributed by atoms with Gasteiger partial charge in [-0.3, -0.25) is 0 Å². The van der Waals surface area contributed by atoms with Crippen molar-refractivity contribution in [2.45, 2.75) is 19.6 Å². The Labute approximate surface area is 118 Å². The molecule has 2 nitrogen and oxygen atoms in total. The van der Waals surface area contributed by atoms with E-state index in [1.165, 1.54) is 22.1 Å². The standard InChI is InChI=1S/C18H14NO/c1-2-6-13(7-3-1)10-15-14-8-4-5-9-17(14)19-18-12-20-11-16(15)18/h2-9H,10-12H2. The molecule has 0 N–H and O–H groups in total. The van der Waals surface area contributed by atoms with Gasteiger partial charge in [-0.05, 0) is 29.7 Å². The smallest absolute Gasteiger partial charge is 0.0896 e. The summed E-state index contributed by atoms with van der Waals surface area (Å²) in [6.07, 6.45) is 0.920. The van der Waals surface area contributed by atoms with Crippen molar-refractivity contribution in [1.29, 1.82) is 0 Å². The normalized spacial score (nSPS) is 13.6. The van der Waals surface area contributed by atoms with Gasteiger partial charge < -0.3 is 4.74 Å². The van der Waals surface area contributed by atoms with Gasteiger partial charge in [-0.2, -0.15) is 0 Å². The minimum Gasteiger partial charge on any atom is -0.370 e.